The Labute approximate surface area is 171 Å². The summed E-state index contributed by atoms with van der Waals surface area (Å²) in [5.74, 6) is 1.36. The third-order valence-corrected chi connectivity index (χ3v) is 5.40. The number of fused-ring (bicyclic) bond motifs is 2. The van der Waals surface area contributed by atoms with Crippen LogP contribution in [0.15, 0.2) is 39.3 Å². The van der Waals surface area contributed by atoms with Gasteiger partial charge in [-0.15, -0.1) is 0 Å². The highest BCUT2D eigenvalue weighted by atomic mass is 79.9. The summed E-state index contributed by atoms with van der Waals surface area (Å²) in [4.78, 5) is 16.3. The van der Waals surface area contributed by atoms with Gasteiger partial charge in [0.15, 0.2) is 11.5 Å². The molecule has 0 aliphatic carbocycles. The van der Waals surface area contributed by atoms with Gasteiger partial charge in [-0.3, -0.25) is 4.79 Å². The van der Waals surface area contributed by atoms with Crippen molar-refractivity contribution in [3.05, 3.63) is 45.0 Å². The normalized spacial score (nSPS) is 12.9. The number of pyridine rings is 1. The van der Waals surface area contributed by atoms with Crippen molar-refractivity contribution in [3.8, 4) is 28.5 Å². The Morgan fingerprint density at radius 1 is 1.07 bits per heavy atom. The molecule has 6 nitrogen and oxygen atoms in total. The zero-order valence-corrected chi connectivity index (χ0v) is 17.4. The second kappa shape index (κ2) is 7.01. The van der Waals surface area contributed by atoms with Gasteiger partial charge in [0.2, 0.25) is 0 Å². The number of nitrogens with two attached hydrogens (primary N) is 1. The first kappa shape index (κ1) is 18.1. The quantitative estimate of drug-likeness (QED) is 0.587. The van der Waals surface area contributed by atoms with Crippen molar-refractivity contribution in [2.24, 2.45) is 5.73 Å². The third kappa shape index (κ3) is 3.23. The van der Waals surface area contributed by atoms with E-state index in [4.69, 9.17) is 19.9 Å². The first-order chi connectivity index (χ1) is 13.0. The standard InChI is InChI=1S/C19H14Br2N2O4/c1-25-18-12(20)4-10(5-13(18)21)17-11-8-16-15(26-2-3-27-16)7-9(11)6-14(23-17)19(22)24/h4-8H,2-3H2,1H3,(H2,22,24). The largest absolute Gasteiger partial charge is 0.494 e. The van der Waals surface area contributed by atoms with Crippen LogP contribution in [0.2, 0.25) is 0 Å². The topological polar surface area (TPSA) is 83.7 Å². The van der Waals surface area contributed by atoms with Gasteiger partial charge in [0.1, 0.15) is 24.7 Å². The van der Waals surface area contributed by atoms with Crippen LogP contribution in [-0.4, -0.2) is 31.2 Å². The zero-order valence-electron chi connectivity index (χ0n) is 14.2. The highest BCUT2D eigenvalue weighted by Crippen LogP contribution is 2.41. The lowest BCUT2D eigenvalue weighted by molar-refractivity contribution is 0.0996. The lowest BCUT2D eigenvalue weighted by Crippen LogP contribution is -2.16. The van der Waals surface area contributed by atoms with Gasteiger partial charge in [0, 0.05) is 10.9 Å². The Balaban J connectivity index is 2.02. The minimum absolute atomic E-state index is 0.178. The Bertz CT molecular complexity index is 1060. The second-order valence-electron chi connectivity index (χ2n) is 5.91. The van der Waals surface area contributed by atoms with E-state index in [9.17, 15) is 4.79 Å². The Morgan fingerprint density at radius 3 is 2.30 bits per heavy atom. The maximum absolute atomic E-state index is 11.8. The predicted octanol–water partition coefficient (Wildman–Crippen LogP) is 4.31. The number of nitrogens with zero attached hydrogens (tertiary/aromatic N) is 1. The van der Waals surface area contributed by atoms with Crippen LogP contribution in [-0.2, 0) is 0 Å². The summed E-state index contributed by atoms with van der Waals surface area (Å²) in [6.45, 7) is 0.970. The number of aromatic nitrogens is 1. The van der Waals surface area contributed by atoms with Crippen LogP contribution in [0.5, 0.6) is 17.2 Å². The lowest BCUT2D eigenvalue weighted by Gasteiger charge is -2.20. The Hall–Kier alpha value is -2.32. The number of benzene rings is 2. The van der Waals surface area contributed by atoms with Crippen LogP contribution in [0.3, 0.4) is 0 Å². The first-order valence-electron chi connectivity index (χ1n) is 8.05. The smallest absolute Gasteiger partial charge is 0.267 e. The summed E-state index contributed by atoms with van der Waals surface area (Å²) in [5, 5.41) is 1.62. The molecule has 1 aromatic heterocycles. The number of rotatable bonds is 3. The zero-order chi connectivity index (χ0) is 19.1. The van der Waals surface area contributed by atoms with E-state index in [1.807, 2.05) is 24.3 Å². The molecule has 0 bridgehead atoms. The van der Waals surface area contributed by atoms with Crippen molar-refractivity contribution in [1.82, 2.24) is 4.98 Å². The summed E-state index contributed by atoms with van der Waals surface area (Å²) in [7, 11) is 1.59. The number of primary amides is 1. The van der Waals surface area contributed by atoms with Gasteiger partial charge in [0.05, 0.1) is 21.7 Å². The molecule has 138 valence electrons. The third-order valence-electron chi connectivity index (χ3n) is 4.22. The second-order valence-corrected chi connectivity index (χ2v) is 7.62. The van der Waals surface area contributed by atoms with Crippen molar-refractivity contribution in [2.75, 3.05) is 20.3 Å². The molecule has 0 spiro atoms. The molecule has 1 aliphatic heterocycles. The molecule has 2 aromatic carbocycles. The van der Waals surface area contributed by atoms with Crippen LogP contribution in [0.1, 0.15) is 10.5 Å². The van der Waals surface area contributed by atoms with Crippen LogP contribution < -0.4 is 19.9 Å². The number of methoxy groups -OCH3 is 1. The van der Waals surface area contributed by atoms with E-state index in [1.54, 1.807) is 13.2 Å². The van der Waals surface area contributed by atoms with Gasteiger partial charge in [-0.2, -0.15) is 0 Å². The molecule has 0 saturated heterocycles. The van der Waals surface area contributed by atoms with Crippen molar-refractivity contribution in [1.29, 1.82) is 0 Å². The number of amides is 1. The molecular formula is C19H14Br2N2O4. The summed E-state index contributed by atoms with van der Waals surface area (Å²) >= 11 is 7.02. The molecule has 2 heterocycles. The molecule has 0 atom stereocenters. The molecular weight excluding hydrogens is 480 g/mol. The molecule has 1 amide bonds. The Morgan fingerprint density at radius 2 is 1.70 bits per heavy atom. The average Bonchev–Trinajstić information content (AvgIpc) is 2.65. The predicted molar refractivity (Wildman–Crippen MR) is 109 cm³/mol. The molecule has 8 heteroatoms. The number of carbonyl (C=O) groups is 1. The fourth-order valence-electron chi connectivity index (χ4n) is 3.03. The number of halogens is 2. The summed E-state index contributed by atoms with van der Waals surface area (Å²) in [6, 6.07) is 9.14. The number of carbonyl (C=O) groups excluding carboxylic acids is 1. The average molecular weight is 494 g/mol. The van der Waals surface area contributed by atoms with Gasteiger partial charge >= 0.3 is 0 Å². The SMILES string of the molecule is COc1c(Br)cc(-c2nc(C(N)=O)cc3cc4c(cc23)OCCO4)cc1Br. The van der Waals surface area contributed by atoms with E-state index >= 15 is 0 Å². The fraction of sp³-hybridized carbons (Fsp3) is 0.158. The van der Waals surface area contributed by atoms with Gasteiger partial charge in [0.25, 0.3) is 5.91 Å². The summed E-state index contributed by atoms with van der Waals surface area (Å²) < 4.78 is 18.2. The summed E-state index contributed by atoms with van der Waals surface area (Å²) in [5.41, 5.74) is 7.08. The molecule has 0 unspecified atom stereocenters. The van der Waals surface area contributed by atoms with Crippen molar-refractivity contribution >= 4 is 48.5 Å². The first-order valence-corrected chi connectivity index (χ1v) is 9.64. The van der Waals surface area contributed by atoms with Gasteiger partial charge in [-0.05, 0) is 67.6 Å². The monoisotopic (exact) mass is 492 g/mol. The van der Waals surface area contributed by atoms with Crippen molar-refractivity contribution in [3.63, 3.8) is 0 Å². The molecule has 27 heavy (non-hydrogen) atoms. The molecule has 3 aromatic rings. The van der Waals surface area contributed by atoms with Crippen LogP contribution in [0, 0.1) is 0 Å². The highest BCUT2D eigenvalue weighted by molar-refractivity contribution is 9.11. The van der Waals surface area contributed by atoms with E-state index in [2.05, 4.69) is 36.8 Å². The fourth-order valence-corrected chi connectivity index (χ4v) is 4.54. The van der Waals surface area contributed by atoms with Crippen LogP contribution >= 0.6 is 31.9 Å². The van der Waals surface area contributed by atoms with E-state index in [-0.39, 0.29) is 5.69 Å². The molecule has 2 N–H and O–H groups in total. The van der Waals surface area contributed by atoms with E-state index in [1.165, 1.54) is 0 Å². The van der Waals surface area contributed by atoms with E-state index < -0.39 is 5.91 Å². The van der Waals surface area contributed by atoms with E-state index in [0.29, 0.717) is 36.2 Å². The van der Waals surface area contributed by atoms with Gasteiger partial charge < -0.3 is 19.9 Å². The minimum atomic E-state index is -0.598. The molecule has 4 rings (SSSR count). The van der Waals surface area contributed by atoms with E-state index in [0.717, 1.165) is 25.3 Å². The van der Waals surface area contributed by atoms with Crippen molar-refractivity contribution in [2.45, 2.75) is 0 Å². The van der Waals surface area contributed by atoms with Crippen LogP contribution in [0.25, 0.3) is 22.0 Å². The maximum atomic E-state index is 11.8. The Kier molecular flexibility index (Phi) is 4.69. The molecule has 0 saturated carbocycles. The maximum Gasteiger partial charge on any atom is 0.267 e. The number of hydrogen-bond donors (Lipinski definition) is 1. The number of ether oxygens (including phenoxy) is 3. The minimum Gasteiger partial charge on any atom is -0.494 e. The molecule has 0 fully saturated rings. The highest BCUT2D eigenvalue weighted by Gasteiger charge is 2.19. The van der Waals surface area contributed by atoms with Crippen LogP contribution in [0.4, 0.5) is 0 Å². The van der Waals surface area contributed by atoms with Gasteiger partial charge in [-0.1, -0.05) is 0 Å². The van der Waals surface area contributed by atoms with Crippen molar-refractivity contribution < 1.29 is 19.0 Å². The van der Waals surface area contributed by atoms with Gasteiger partial charge in [-0.25, -0.2) is 4.98 Å². The lowest BCUT2D eigenvalue weighted by atomic mass is 10.0. The molecule has 1 aliphatic rings. The number of hydrogen-bond acceptors (Lipinski definition) is 5. The summed E-state index contributed by atoms with van der Waals surface area (Å²) in [6.07, 6.45) is 0. The molecule has 0 radical (unpaired) electrons.